The van der Waals surface area contributed by atoms with E-state index in [-0.39, 0.29) is 11.9 Å². The second kappa shape index (κ2) is 5.44. The van der Waals surface area contributed by atoms with Crippen LogP contribution in [-0.4, -0.2) is 17.0 Å². The molecule has 1 unspecified atom stereocenters. The number of hydrogen-bond donors (Lipinski definition) is 1. The van der Waals surface area contributed by atoms with Crippen LogP contribution in [0.1, 0.15) is 18.7 Å². The summed E-state index contributed by atoms with van der Waals surface area (Å²) in [6.45, 7) is 1.85. The molecule has 1 aromatic carbocycles. The molecule has 5 heteroatoms. The van der Waals surface area contributed by atoms with Crippen molar-refractivity contribution < 1.29 is 9.13 Å². The predicted molar refractivity (Wildman–Crippen MR) is 67.0 cm³/mol. The first-order valence-electron chi connectivity index (χ1n) is 5.62. The molecule has 0 bridgehead atoms. The molecule has 0 amide bonds. The van der Waals surface area contributed by atoms with E-state index in [1.165, 1.54) is 12.1 Å². The van der Waals surface area contributed by atoms with E-state index in [1.54, 1.807) is 31.4 Å². The lowest BCUT2D eigenvalue weighted by atomic mass is 10.2. The van der Waals surface area contributed by atoms with E-state index in [2.05, 4.69) is 15.3 Å². The van der Waals surface area contributed by atoms with E-state index in [4.69, 9.17) is 4.74 Å². The summed E-state index contributed by atoms with van der Waals surface area (Å²) in [5.41, 5.74) is 0.735. The molecule has 2 rings (SSSR count). The van der Waals surface area contributed by atoms with Crippen LogP contribution in [-0.2, 0) is 0 Å². The van der Waals surface area contributed by atoms with Crippen LogP contribution >= 0.6 is 0 Å². The molecular formula is C13H14FN3O. The van der Waals surface area contributed by atoms with Gasteiger partial charge >= 0.3 is 0 Å². The fraction of sp³-hybridized carbons (Fsp3) is 0.231. The van der Waals surface area contributed by atoms with Crippen LogP contribution < -0.4 is 10.1 Å². The maximum atomic E-state index is 13.0. The molecular weight excluding hydrogens is 233 g/mol. The highest BCUT2D eigenvalue weighted by Gasteiger charge is 2.10. The van der Waals surface area contributed by atoms with Gasteiger partial charge in [0, 0.05) is 19.3 Å². The molecule has 1 atom stereocenters. The first-order chi connectivity index (χ1) is 8.69. The maximum absolute atomic E-state index is 13.0. The fourth-order valence-electron chi connectivity index (χ4n) is 1.52. The Labute approximate surface area is 105 Å². The Morgan fingerprint density at radius 3 is 2.89 bits per heavy atom. The minimum absolute atomic E-state index is 0.276. The van der Waals surface area contributed by atoms with E-state index in [0.717, 1.165) is 5.69 Å². The molecule has 0 spiro atoms. The van der Waals surface area contributed by atoms with Crippen LogP contribution in [0.15, 0.2) is 36.5 Å². The summed E-state index contributed by atoms with van der Waals surface area (Å²) in [6, 6.07) is 7.80. The van der Waals surface area contributed by atoms with E-state index in [0.29, 0.717) is 11.7 Å². The lowest BCUT2D eigenvalue weighted by molar-refractivity contribution is 0.221. The number of hydrogen-bond acceptors (Lipinski definition) is 4. The Kier molecular flexibility index (Phi) is 3.72. The Bertz CT molecular complexity index is 533. The third-order valence-electron chi connectivity index (χ3n) is 2.43. The minimum atomic E-state index is -0.321. The summed E-state index contributed by atoms with van der Waals surface area (Å²) in [5.74, 6) is 0.688. The number of halogens is 1. The van der Waals surface area contributed by atoms with E-state index in [9.17, 15) is 4.39 Å². The quantitative estimate of drug-likeness (QED) is 0.902. The van der Waals surface area contributed by atoms with Crippen molar-refractivity contribution in [1.82, 2.24) is 9.97 Å². The van der Waals surface area contributed by atoms with Crippen LogP contribution in [0.3, 0.4) is 0 Å². The van der Waals surface area contributed by atoms with Crippen molar-refractivity contribution >= 4 is 5.95 Å². The molecule has 0 fully saturated rings. The van der Waals surface area contributed by atoms with Crippen LogP contribution in [0.25, 0.3) is 0 Å². The zero-order chi connectivity index (χ0) is 13.0. The first kappa shape index (κ1) is 12.3. The van der Waals surface area contributed by atoms with Crippen molar-refractivity contribution in [1.29, 1.82) is 0 Å². The van der Waals surface area contributed by atoms with Gasteiger partial charge in [-0.05, 0) is 25.1 Å². The van der Waals surface area contributed by atoms with Crippen molar-refractivity contribution in [2.24, 2.45) is 0 Å². The average Bonchev–Trinajstić information content (AvgIpc) is 2.39. The second-order valence-electron chi connectivity index (χ2n) is 3.77. The van der Waals surface area contributed by atoms with Crippen LogP contribution in [0, 0.1) is 5.82 Å². The maximum Gasteiger partial charge on any atom is 0.222 e. The van der Waals surface area contributed by atoms with Gasteiger partial charge in [-0.3, -0.25) is 0 Å². The highest BCUT2D eigenvalue weighted by atomic mass is 19.1. The minimum Gasteiger partial charge on any atom is -0.484 e. The molecule has 0 saturated heterocycles. The molecule has 0 radical (unpaired) electrons. The molecule has 1 N–H and O–H groups in total. The summed E-state index contributed by atoms with van der Waals surface area (Å²) in [6.07, 6.45) is 1.38. The van der Waals surface area contributed by atoms with Crippen LogP contribution in [0.4, 0.5) is 10.3 Å². The summed E-state index contributed by atoms with van der Waals surface area (Å²) in [4.78, 5) is 8.29. The molecule has 1 aromatic heterocycles. The summed E-state index contributed by atoms with van der Waals surface area (Å²) in [7, 11) is 1.75. The van der Waals surface area contributed by atoms with Gasteiger partial charge in [0.1, 0.15) is 17.7 Å². The van der Waals surface area contributed by atoms with Gasteiger partial charge in [0.25, 0.3) is 0 Å². The Morgan fingerprint density at radius 2 is 2.17 bits per heavy atom. The van der Waals surface area contributed by atoms with E-state index >= 15 is 0 Å². The van der Waals surface area contributed by atoms with Gasteiger partial charge < -0.3 is 10.1 Å². The van der Waals surface area contributed by atoms with Crippen molar-refractivity contribution in [3.05, 3.63) is 48.0 Å². The second-order valence-corrected chi connectivity index (χ2v) is 3.77. The van der Waals surface area contributed by atoms with Gasteiger partial charge in [-0.15, -0.1) is 0 Å². The summed E-state index contributed by atoms with van der Waals surface area (Å²) < 4.78 is 18.6. The van der Waals surface area contributed by atoms with Crippen molar-refractivity contribution in [2.75, 3.05) is 12.4 Å². The molecule has 1 heterocycles. The first-order valence-corrected chi connectivity index (χ1v) is 5.62. The molecule has 94 valence electrons. The summed E-state index contributed by atoms with van der Waals surface area (Å²) in [5, 5.41) is 2.86. The lowest BCUT2D eigenvalue weighted by Crippen LogP contribution is -2.07. The zero-order valence-electron chi connectivity index (χ0n) is 10.2. The molecule has 0 aliphatic heterocycles. The predicted octanol–water partition coefficient (Wildman–Crippen LogP) is 2.80. The normalized spacial score (nSPS) is 11.9. The van der Waals surface area contributed by atoms with Gasteiger partial charge in [-0.25, -0.2) is 14.4 Å². The monoisotopic (exact) mass is 247 g/mol. The highest BCUT2D eigenvalue weighted by molar-refractivity contribution is 5.26. The van der Waals surface area contributed by atoms with Gasteiger partial charge in [0.05, 0.1) is 5.69 Å². The Morgan fingerprint density at radius 1 is 1.33 bits per heavy atom. The van der Waals surface area contributed by atoms with Gasteiger partial charge in [-0.2, -0.15) is 0 Å². The van der Waals surface area contributed by atoms with Crippen LogP contribution in [0.2, 0.25) is 0 Å². The van der Waals surface area contributed by atoms with Crippen molar-refractivity contribution in [3.8, 4) is 5.75 Å². The van der Waals surface area contributed by atoms with Crippen LogP contribution in [0.5, 0.6) is 5.75 Å². The largest absolute Gasteiger partial charge is 0.484 e. The van der Waals surface area contributed by atoms with Crippen molar-refractivity contribution in [3.63, 3.8) is 0 Å². The third-order valence-corrected chi connectivity index (χ3v) is 2.43. The third kappa shape index (κ3) is 2.94. The Hall–Kier alpha value is -2.17. The molecule has 2 aromatic rings. The molecule has 4 nitrogen and oxygen atoms in total. The zero-order valence-corrected chi connectivity index (χ0v) is 10.2. The highest BCUT2D eigenvalue weighted by Crippen LogP contribution is 2.21. The molecule has 18 heavy (non-hydrogen) atoms. The number of ether oxygens (including phenoxy) is 1. The van der Waals surface area contributed by atoms with E-state index < -0.39 is 0 Å². The van der Waals surface area contributed by atoms with Gasteiger partial charge in [-0.1, -0.05) is 6.07 Å². The van der Waals surface area contributed by atoms with Gasteiger partial charge in [0.2, 0.25) is 5.95 Å². The average molecular weight is 247 g/mol. The number of anilines is 1. The van der Waals surface area contributed by atoms with Crippen molar-refractivity contribution in [2.45, 2.75) is 13.0 Å². The number of nitrogens with one attached hydrogen (secondary N) is 1. The van der Waals surface area contributed by atoms with E-state index in [1.807, 2.05) is 6.92 Å². The number of nitrogens with zero attached hydrogens (tertiary/aromatic N) is 2. The standard InChI is InChI=1S/C13H14FN3O/c1-9(12-6-7-16-13(15-2)17-12)18-11-5-3-4-10(14)8-11/h3-9H,1-2H3,(H,15,16,17). The topological polar surface area (TPSA) is 47.0 Å². The number of benzene rings is 1. The summed E-state index contributed by atoms with van der Waals surface area (Å²) >= 11 is 0. The molecule has 0 aliphatic carbocycles. The van der Waals surface area contributed by atoms with Gasteiger partial charge in [0.15, 0.2) is 0 Å². The molecule has 0 aliphatic rings. The Balaban J connectivity index is 2.13. The SMILES string of the molecule is CNc1nccc(C(C)Oc2cccc(F)c2)n1. The number of rotatable bonds is 4. The lowest BCUT2D eigenvalue weighted by Gasteiger charge is -2.14. The fourth-order valence-corrected chi connectivity index (χ4v) is 1.52. The number of aromatic nitrogens is 2. The molecule has 0 saturated carbocycles. The smallest absolute Gasteiger partial charge is 0.222 e.